The zero-order valence-corrected chi connectivity index (χ0v) is 9.54. The van der Waals surface area contributed by atoms with Crippen LogP contribution < -0.4 is 0 Å². The lowest BCUT2D eigenvalue weighted by Gasteiger charge is -2.09. The Balaban J connectivity index is 2.58. The van der Waals surface area contributed by atoms with Crippen molar-refractivity contribution < 1.29 is 0 Å². The molecule has 0 fully saturated rings. The molecular formula is C13H19N. The van der Waals surface area contributed by atoms with Crippen molar-refractivity contribution >= 4 is 6.21 Å². The highest BCUT2D eigenvalue weighted by atomic mass is 14.7. The maximum atomic E-state index is 4.43. The van der Waals surface area contributed by atoms with Gasteiger partial charge in [0.15, 0.2) is 0 Å². The van der Waals surface area contributed by atoms with Gasteiger partial charge in [-0.15, -0.1) is 0 Å². The Morgan fingerprint density at radius 3 is 2.57 bits per heavy atom. The first-order chi connectivity index (χ1) is 6.47. The molecule has 0 radical (unpaired) electrons. The van der Waals surface area contributed by atoms with Crippen LogP contribution in [0.1, 0.15) is 31.9 Å². The van der Waals surface area contributed by atoms with Crippen LogP contribution in [-0.4, -0.2) is 6.21 Å². The molecule has 1 heteroatoms. The molecule has 0 aromatic heterocycles. The number of rotatable bonds is 2. The van der Waals surface area contributed by atoms with Gasteiger partial charge in [-0.05, 0) is 17.9 Å². The largest absolute Gasteiger partial charge is 0.292 e. The summed E-state index contributed by atoms with van der Waals surface area (Å²) in [5.74, 6) is 0. The lowest BCUT2D eigenvalue weighted by atomic mass is 9.99. The second kappa shape index (κ2) is 4.41. The fourth-order valence-corrected chi connectivity index (χ4v) is 1.24. The third-order valence-corrected chi connectivity index (χ3v) is 1.83. The molecule has 0 bridgehead atoms. The molecule has 0 aliphatic carbocycles. The van der Waals surface area contributed by atoms with Crippen molar-refractivity contribution in [2.24, 2.45) is 10.4 Å². The summed E-state index contributed by atoms with van der Waals surface area (Å²) in [5.41, 5.74) is 2.77. The molecule has 14 heavy (non-hydrogen) atoms. The number of aliphatic imine (C=N–C) groups is 1. The minimum Gasteiger partial charge on any atom is -0.292 e. The highest BCUT2D eigenvalue weighted by molar-refractivity contribution is 5.63. The van der Waals surface area contributed by atoms with Crippen LogP contribution in [-0.2, 0) is 6.54 Å². The molecule has 0 saturated heterocycles. The number of hydrogen-bond donors (Lipinski definition) is 0. The van der Waals surface area contributed by atoms with E-state index in [1.54, 1.807) is 0 Å². The van der Waals surface area contributed by atoms with Crippen molar-refractivity contribution in [2.45, 2.75) is 34.2 Å². The first-order valence-corrected chi connectivity index (χ1v) is 5.04. The monoisotopic (exact) mass is 189 g/mol. The minimum absolute atomic E-state index is 0.184. The van der Waals surface area contributed by atoms with Crippen molar-refractivity contribution in [2.75, 3.05) is 0 Å². The lowest BCUT2D eigenvalue weighted by Crippen LogP contribution is -2.06. The van der Waals surface area contributed by atoms with Gasteiger partial charge in [0, 0.05) is 6.21 Å². The molecule has 1 nitrogen and oxygen atoms in total. The average molecular weight is 189 g/mol. The summed E-state index contributed by atoms with van der Waals surface area (Å²) in [6.45, 7) is 9.38. The van der Waals surface area contributed by atoms with Crippen LogP contribution in [0.3, 0.4) is 0 Å². The Morgan fingerprint density at radius 1 is 1.29 bits per heavy atom. The zero-order chi connectivity index (χ0) is 10.6. The second-order valence-electron chi connectivity index (χ2n) is 4.82. The van der Waals surface area contributed by atoms with Gasteiger partial charge in [0.1, 0.15) is 0 Å². The Hall–Kier alpha value is -1.11. The molecule has 0 N–H and O–H groups in total. The molecule has 0 saturated carbocycles. The molecule has 0 aliphatic heterocycles. The van der Waals surface area contributed by atoms with Crippen LogP contribution in [0.4, 0.5) is 0 Å². The molecule has 1 aromatic carbocycles. The van der Waals surface area contributed by atoms with E-state index < -0.39 is 0 Å². The average Bonchev–Trinajstić information content (AvgIpc) is 2.01. The topological polar surface area (TPSA) is 12.4 Å². The van der Waals surface area contributed by atoms with Crippen LogP contribution in [0.25, 0.3) is 0 Å². The first kappa shape index (κ1) is 11.0. The molecule has 1 rings (SSSR count). The summed E-state index contributed by atoms with van der Waals surface area (Å²) in [4.78, 5) is 4.43. The number of nitrogens with zero attached hydrogens (tertiary/aromatic N) is 1. The summed E-state index contributed by atoms with van der Waals surface area (Å²) in [6, 6.07) is 8.49. The highest BCUT2D eigenvalue weighted by Gasteiger charge is 2.04. The summed E-state index contributed by atoms with van der Waals surface area (Å²) in [6.07, 6.45) is 2.02. The van der Waals surface area contributed by atoms with Gasteiger partial charge < -0.3 is 0 Å². The standard InChI is InChI=1S/C13H19N/c1-11-6-5-7-12(8-11)9-14-10-13(2,3)4/h5-8,10H,9H2,1-4H3. The molecule has 1 aromatic rings. The van der Waals surface area contributed by atoms with E-state index in [0.29, 0.717) is 0 Å². The Morgan fingerprint density at radius 2 is 2.00 bits per heavy atom. The number of hydrogen-bond acceptors (Lipinski definition) is 1. The van der Waals surface area contributed by atoms with Gasteiger partial charge in [-0.2, -0.15) is 0 Å². The summed E-state index contributed by atoms with van der Waals surface area (Å²) in [5, 5.41) is 0. The lowest BCUT2D eigenvalue weighted by molar-refractivity contribution is 0.604. The third-order valence-electron chi connectivity index (χ3n) is 1.83. The van der Waals surface area contributed by atoms with Gasteiger partial charge in [0.05, 0.1) is 6.54 Å². The Labute approximate surface area is 86.9 Å². The van der Waals surface area contributed by atoms with Crippen molar-refractivity contribution in [3.63, 3.8) is 0 Å². The summed E-state index contributed by atoms with van der Waals surface area (Å²) < 4.78 is 0. The fraction of sp³-hybridized carbons (Fsp3) is 0.462. The molecule has 0 unspecified atom stereocenters. The van der Waals surface area contributed by atoms with Gasteiger partial charge in [-0.1, -0.05) is 50.6 Å². The molecular weight excluding hydrogens is 170 g/mol. The molecule has 0 amide bonds. The SMILES string of the molecule is Cc1cccc(CN=CC(C)(C)C)c1. The van der Waals surface area contributed by atoms with Crippen molar-refractivity contribution in [1.82, 2.24) is 0 Å². The number of benzene rings is 1. The van der Waals surface area contributed by atoms with Gasteiger partial charge in [0.25, 0.3) is 0 Å². The van der Waals surface area contributed by atoms with Gasteiger partial charge in [-0.25, -0.2) is 0 Å². The smallest absolute Gasteiger partial charge is 0.0636 e. The van der Waals surface area contributed by atoms with Gasteiger partial charge in [-0.3, -0.25) is 4.99 Å². The predicted molar refractivity (Wildman–Crippen MR) is 62.8 cm³/mol. The van der Waals surface area contributed by atoms with Crippen LogP contribution in [0, 0.1) is 12.3 Å². The molecule has 0 atom stereocenters. The first-order valence-electron chi connectivity index (χ1n) is 5.04. The maximum Gasteiger partial charge on any atom is 0.0636 e. The van der Waals surface area contributed by atoms with E-state index >= 15 is 0 Å². The molecule has 0 aliphatic rings. The van der Waals surface area contributed by atoms with E-state index in [-0.39, 0.29) is 5.41 Å². The van der Waals surface area contributed by atoms with Crippen LogP contribution in [0.5, 0.6) is 0 Å². The Bertz CT molecular complexity index is 318. The molecule has 0 heterocycles. The third kappa shape index (κ3) is 4.22. The predicted octanol–water partition coefficient (Wildman–Crippen LogP) is 3.61. The highest BCUT2D eigenvalue weighted by Crippen LogP contribution is 2.10. The fourth-order valence-electron chi connectivity index (χ4n) is 1.24. The van der Waals surface area contributed by atoms with Crippen LogP contribution in [0.15, 0.2) is 29.3 Å². The quantitative estimate of drug-likeness (QED) is 0.630. The van der Waals surface area contributed by atoms with E-state index in [0.717, 1.165) is 6.54 Å². The van der Waals surface area contributed by atoms with Crippen molar-refractivity contribution in [3.05, 3.63) is 35.4 Å². The van der Waals surface area contributed by atoms with Gasteiger partial charge >= 0.3 is 0 Å². The maximum absolute atomic E-state index is 4.43. The number of aryl methyl sites for hydroxylation is 1. The van der Waals surface area contributed by atoms with Crippen LogP contribution in [0.2, 0.25) is 0 Å². The van der Waals surface area contributed by atoms with Gasteiger partial charge in [0.2, 0.25) is 0 Å². The van der Waals surface area contributed by atoms with E-state index in [1.165, 1.54) is 11.1 Å². The second-order valence-corrected chi connectivity index (χ2v) is 4.82. The zero-order valence-electron chi connectivity index (χ0n) is 9.54. The van der Waals surface area contributed by atoms with E-state index in [4.69, 9.17) is 0 Å². The summed E-state index contributed by atoms with van der Waals surface area (Å²) >= 11 is 0. The Kier molecular flexibility index (Phi) is 3.45. The van der Waals surface area contributed by atoms with Crippen LogP contribution >= 0.6 is 0 Å². The summed E-state index contributed by atoms with van der Waals surface area (Å²) in [7, 11) is 0. The molecule has 76 valence electrons. The normalized spacial score (nSPS) is 12.3. The molecule has 0 spiro atoms. The van der Waals surface area contributed by atoms with Crippen molar-refractivity contribution in [3.8, 4) is 0 Å². The minimum atomic E-state index is 0.184. The van der Waals surface area contributed by atoms with E-state index in [1.807, 2.05) is 6.21 Å². The van der Waals surface area contributed by atoms with E-state index in [2.05, 4.69) is 57.0 Å². The van der Waals surface area contributed by atoms with E-state index in [9.17, 15) is 0 Å². The van der Waals surface area contributed by atoms with Crippen molar-refractivity contribution in [1.29, 1.82) is 0 Å².